The number of piperidine rings is 1. The summed E-state index contributed by atoms with van der Waals surface area (Å²) in [5.41, 5.74) is 5.94. The van der Waals surface area contributed by atoms with Gasteiger partial charge in [0.15, 0.2) is 0 Å². The number of aryl methyl sites for hydroxylation is 1. The quantitative estimate of drug-likeness (QED) is 0.265. The lowest BCUT2D eigenvalue weighted by atomic mass is 9.85. The number of thiophene rings is 1. The third-order valence-corrected chi connectivity index (χ3v) is 8.74. The number of fused-ring (bicyclic) bond motifs is 2. The molecule has 6 rings (SSSR count). The predicted molar refractivity (Wildman–Crippen MR) is 163 cm³/mol. The Hall–Kier alpha value is -3.85. The van der Waals surface area contributed by atoms with Crippen molar-refractivity contribution in [2.45, 2.75) is 58.5 Å². The Morgan fingerprint density at radius 3 is 2.68 bits per heavy atom. The van der Waals surface area contributed by atoms with E-state index in [9.17, 15) is 4.79 Å². The zero-order chi connectivity index (χ0) is 28.7. The first-order valence-electron chi connectivity index (χ1n) is 14.1. The second kappa shape index (κ2) is 10.9. The van der Waals surface area contributed by atoms with Crippen molar-refractivity contribution in [2.24, 2.45) is 0 Å². The summed E-state index contributed by atoms with van der Waals surface area (Å²) in [6.07, 6.45) is 4.34. The SMILES string of the molecule is COc1ccccc1-c1c(C)sc2cnc(Nc3ccc(C4CCN(C(=O)OC(C)(C)C)CC4)c4c3OCC4)nc12. The van der Waals surface area contributed by atoms with Gasteiger partial charge in [-0.05, 0) is 64.2 Å². The predicted octanol–water partition coefficient (Wildman–Crippen LogP) is 7.47. The summed E-state index contributed by atoms with van der Waals surface area (Å²) in [6, 6.07) is 12.3. The average Bonchev–Trinajstić information content (AvgIpc) is 3.57. The molecule has 0 bridgehead atoms. The maximum Gasteiger partial charge on any atom is 0.410 e. The van der Waals surface area contributed by atoms with E-state index in [0.717, 1.165) is 57.8 Å². The number of benzene rings is 2. The van der Waals surface area contributed by atoms with Gasteiger partial charge in [-0.2, -0.15) is 0 Å². The maximum absolute atomic E-state index is 12.5. The number of anilines is 2. The molecule has 214 valence electrons. The summed E-state index contributed by atoms with van der Waals surface area (Å²) in [4.78, 5) is 25.1. The molecule has 9 heteroatoms. The molecule has 2 aliphatic rings. The Morgan fingerprint density at radius 1 is 1.15 bits per heavy atom. The molecule has 41 heavy (non-hydrogen) atoms. The van der Waals surface area contributed by atoms with Crippen LogP contribution in [0.5, 0.6) is 11.5 Å². The van der Waals surface area contributed by atoms with Crippen LogP contribution in [0.4, 0.5) is 16.4 Å². The summed E-state index contributed by atoms with van der Waals surface area (Å²) in [7, 11) is 1.69. The average molecular weight is 573 g/mol. The van der Waals surface area contributed by atoms with Crippen LogP contribution in [0.2, 0.25) is 0 Å². The Bertz CT molecular complexity index is 1600. The largest absolute Gasteiger partial charge is 0.496 e. The highest BCUT2D eigenvalue weighted by Gasteiger charge is 2.31. The molecule has 0 radical (unpaired) electrons. The van der Waals surface area contributed by atoms with E-state index in [1.54, 1.807) is 18.4 Å². The van der Waals surface area contributed by atoms with Gasteiger partial charge in [0.2, 0.25) is 5.95 Å². The number of nitrogens with one attached hydrogen (secondary N) is 1. The van der Waals surface area contributed by atoms with E-state index >= 15 is 0 Å². The highest BCUT2D eigenvalue weighted by atomic mass is 32.1. The molecule has 2 aliphatic heterocycles. The number of aromatic nitrogens is 2. The number of ether oxygens (including phenoxy) is 3. The van der Waals surface area contributed by atoms with Crippen molar-refractivity contribution in [1.29, 1.82) is 0 Å². The van der Waals surface area contributed by atoms with Crippen LogP contribution in [-0.2, 0) is 11.2 Å². The normalized spacial score (nSPS) is 15.5. The Morgan fingerprint density at radius 2 is 1.93 bits per heavy atom. The summed E-state index contributed by atoms with van der Waals surface area (Å²) in [6.45, 7) is 9.86. The topological polar surface area (TPSA) is 85.8 Å². The van der Waals surface area contributed by atoms with Crippen LogP contribution in [0.3, 0.4) is 0 Å². The smallest absolute Gasteiger partial charge is 0.410 e. The Kier molecular flexibility index (Phi) is 7.23. The van der Waals surface area contributed by atoms with Crippen molar-refractivity contribution in [3.63, 3.8) is 0 Å². The molecule has 4 heterocycles. The van der Waals surface area contributed by atoms with Gasteiger partial charge in [0, 0.05) is 41.1 Å². The third-order valence-electron chi connectivity index (χ3n) is 7.71. The van der Waals surface area contributed by atoms with Crippen molar-refractivity contribution in [3.05, 3.63) is 58.6 Å². The fourth-order valence-electron chi connectivity index (χ4n) is 5.86. The summed E-state index contributed by atoms with van der Waals surface area (Å²) >= 11 is 1.68. The lowest BCUT2D eigenvalue weighted by Gasteiger charge is -2.34. The van der Waals surface area contributed by atoms with Gasteiger partial charge in [-0.15, -0.1) is 11.3 Å². The molecule has 0 aliphatic carbocycles. The number of methoxy groups -OCH3 is 1. The zero-order valence-corrected chi connectivity index (χ0v) is 25.1. The van der Waals surface area contributed by atoms with Crippen LogP contribution in [0.15, 0.2) is 42.6 Å². The highest BCUT2D eigenvalue weighted by Crippen LogP contribution is 2.44. The van der Waals surface area contributed by atoms with Gasteiger partial charge in [-0.3, -0.25) is 0 Å². The number of hydrogen-bond donors (Lipinski definition) is 1. The molecule has 4 aromatic rings. The summed E-state index contributed by atoms with van der Waals surface area (Å²) in [5.74, 6) is 2.61. The van der Waals surface area contributed by atoms with Crippen molar-refractivity contribution in [2.75, 3.05) is 32.1 Å². The number of amides is 1. The number of likely N-dealkylation sites (tertiary alicyclic amines) is 1. The van der Waals surface area contributed by atoms with Gasteiger partial charge in [0.25, 0.3) is 0 Å². The number of rotatable bonds is 5. The molecule has 0 atom stereocenters. The standard InChI is InChI=1S/C32H36N4O4S/c1-19-27(23-8-6-7-9-25(23)38-5)28-26(41-19)18-33-30(35-28)34-24-11-10-21(22-14-17-39-29(22)24)20-12-15-36(16-13-20)31(37)40-32(2,3)4/h6-11,18,20H,12-17H2,1-5H3,(H,33,34,35). The molecule has 0 spiro atoms. The first-order chi connectivity index (χ1) is 19.7. The first kappa shape index (κ1) is 27.3. The van der Waals surface area contributed by atoms with Gasteiger partial charge in [0.1, 0.15) is 17.1 Å². The molecular formula is C32H36N4O4S. The van der Waals surface area contributed by atoms with Crippen LogP contribution in [0, 0.1) is 6.92 Å². The molecule has 0 unspecified atom stereocenters. The fourth-order valence-corrected chi connectivity index (χ4v) is 6.85. The molecule has 1 fully saturated rings. The number of carbonyl (C=O) groups is 1. The van der Waals surface area contributed by atoms with Crippen molar-refractivity contribution in [1.82, 2.24) is 14.9 Å². The van der Waals surface area contributed by atoms with Crippen molar-refractivity contribution >= 4 is 39.3 Å². The molecule has 2 aromatic carbocycles. The zero-order valence-electron chi connectivity index (χ0n) is 24.2. The minimum Gasteiger partial charge on any atom is -0.496 e. The van der Waals surface area contributed by atoms with E-state index in [1.807, 2.05) is 50.1 Å². The van der Waals surface area contributed by atoms with Crippen LogP contribution >= 0.6 is 11.3 Å². The molecule has 2 aromatic heterocycles. The number of carbonyl (C=O) groups excluding carboxylic acids is 1. The maximum atomic E-state index is 12.5. The van der Waals surface area contributed by atoms with E-state index < -0.39 is 5.60 Å². The van der Waals surface area contributed by atoms with E-state index in [-0.39, 0.29) is 6.09 Å². The molecular weight excluding hydrogens is 536 g/mol. The van der Waals surface area contributed by atoms with E-state index in [4.69, 9.17) is 19.2 Å². The molecule has 1 saturated heterocycles. The fraction of sp³-hybridized carbons (Fsp3) is 0.406. The van der Waals surface area contributed by atoms with Crippen LogP contribution in [-0.4, -0.2) is 53.4 Å². The molecule has 8 nitrogen and oxygen atoms in total. The lowest BCUT2D eigenvalue weighted by molar-refractivity contribution is 0.0204. The van der Waals surface area contributed by atoms with E-state index in [2.05, 4.69) is 35.4 Å². The minimum atomic E-state index is -0.485. The van der Waals surface area contributed by atoms with Crippen molar-refractivity contribution < 1.29 is 19.0 Å². The van der Waals surface area contributed by atoms with Gasteiger partial charge in [0.05, 0.1) is 35.8 Å². The number of nitrogens with zero attached hydrogens (tertiary/aromatic N) is 3. The summed E-state index contributed by atoms with van der Waals surface area (Å²) < 4.78 is 18.4. The highest BCUT2D eigenvalue weighted by molar-refractivity contribution is 7.19. The van der Waals surface area contributed by atoms with Crippen LogP contribution in [0.25, 0.3) is 21.3 Å². The van der Waals surface area contributed by atoms with Gasteiger partial charge in [-0.1, -0.05) is 24.3 Å². The monoisotopic (exact) mass is 572 g/mol. The number of hydrogen-bond acceptors (Lipinski definition) is 8. The molecule has 0 saturated carbocycles. The second-order valence-corrected chi connectivity index (χ2v) is 12.9. The van der Waals surface area contributed by atoms with Crippen LogP contribution in [0.1, 0.15) is 55.5 Å². The van der Waals surface area contributed by atoms with Gasteiger partial charge >= 0.3 is 6.09 Å². The second-order valence-electron chi connectivity index (χ2n) is 11.6. The Balaban J connectivity index is 1.24. The third kappa shape index (κ3) is 5.43. The number of para-hydroxylation sites is 1. The van der Waals surface area contributed by atoms with Crippen LogP contribution < -0.4 is 14.8 Å². The van der Waals surface area contributed by atoms with E-state index in [0.29, 0.717) is 31.6 Å². The minimum absolute atomic E-state index is 0.226. The first-order valence-corrected chi connectivity index (χ1v) is 15.0. The van der Waals surface area contributed by atoms with Crippen molar-refractivity contribution in [3.8, 4) is 22.6 Å². The lowest BCUT2D eigenvalue weighted by Crippen LogP contribution is -2.41. The summed E-state index contributed by atoms with van der Waals surface area (Å²) in [5, 5.41) is 3.44. The van der Waals surface area contributed by atoms with Gasteiger partial charge < -0.3 is 24.4 Å². The Labute approximate surface area is 244 Å². The van der Waals surface area contributed by atoms with Gasteiger partial charge in [-0.25, -0.2) is 14.8 Å². The molecule has 1 N–H and O–H groups in total. The van der Waals surface area contributed by atoms with E-state index in [1.165, 1.54) is 16.0 Å². The molecule has 1 amide bonds.